The van der Waals surface area contributed by atoms with E-state index in [1.807, 2.05) is 66.7 Å². The summed E-state index contributed by atoms with van der Waals surface area (Å²) in [5.74, 6) is 1.05. The number of ketones is 1. The molecule has 2 aromatic heterocycles. The summed E-state index contributed by atoms with van der Waals surface area (Å²) < 4.78 is 11.0. The number of benzene rings is 4. The van der Waals surface area contributed by atoms with Crippen LogP contribution in [0.15, 0.2) is 109 Å². The van der Waals surface area contributed by atoms with Gasteiger partial charge in [0, 0.05) is 22.2 Å². The summed E-state index contributed by atoms with van der Waals surface area (Å²) in [5, 5.41) is 3.61. The highest BCUT2D eigenvalue weighted by Crippen LogP contribution is 2.43. The largest absolute Gasteiger partial charge is 0.493 e. The second-order valence-corrected chi connectivity index (χ2v) is 12.6. The van der Waals surface area contributed by atoms with Gasteiger partial charge in [0.05, 0.1) is 25.6 Å². The molecule has 0 aliphatic rings. The smallest absolute Gasteiger partial charge is 0.267 e. The molecule has 8 heteroatoms. The van der Waals surface area contributed by atoms with Crippen LogP contribution < -0.4 is 20.5 Å². The summed E-state index contributed by atoms with van der Waals surface area (Å²) in [7, 11) is 3.18. The lowest BCUT2D eigenvalue weighted by Gasteiger charge is -2.12. The molecule has 2 heterocycles. The van der Waals surface area contributed by atoms with E-state index in [4.69, 9.17) is 20.2 Å². The van der Waals surface area contributed by atoms with Gasteiger partial charge in [0.2, 0.25) is 0 Å². The number of hydrogen-bond donors (Lipinski definition) is 2. The van der Waals surface area contributed by atoms with Crippen molar-refractivity contribution in [3.63, 3.8) is 0 Å². The van der Waals surface area contributed by atoms with E-state index in [0.717, 1.165) is 27.9 Å². The number of fused-ring (bicyclic) bond motifs is 1. The van der Waals surface area contributed by atoms with Crippen LogP contribution >= 0.6 is 11.3 Å². The Morgan fingerprint density at radius 1 is 0.833 bits per heavy atom. The van der Waals surface area contributed by atoms with E-state index in [1.165, 1.54) is 16.9 Å². The molecule has 0 fully saturated rings. The zero-order valence-corrected chi connectivity index (χ0v) is 27.9. The molecule has 0 bridgehead atoms. The van der Waals surface area contributed by atoms with Crippen molar-refractivity contribution in [2.75, 3.05) is 25.3 Å². The minimum atomic E-state index is -0.389. The van der Waals surface area contributed by atoms with Gasteiger partial charge < -0.3 is 20.5 Å². The number of nitrogen functional groups attached to an aromatic ring is 1. The number of thiophene rings is 1. The quantitative estimate of drug-likeness (QED) is 0.113. The van der Waals surface area contributed by atoms with E-state index in [2.05, 4.69) is 31.3 Å². The molecule has 0 aliphatic carbocycles. The number of ether oxygens (including phenoxy) is 2. The molecule has 7 nitrogen and oxygen atoms in total. The van der Waals surface area contributed by atoms with Gasteiger partial charge in [-0.25, -0.2) is 4.98 Å². The number of pyridine rings is 1. The van der Waals surface area contributed by atoms with E-state index < -0.39 is 0 Å². The van der Waals surface area contributed by atoms with E-state index in [0.29, 0.717) is 49.4 Å². The minimum absolute atomic E-state index is 0.169. The Hall–Kier alpha value is -5.73. The Kier molecular flexibility index (Phi) is 9.36. The lowest BCUT2D eigenvalue weighted by atomic mass is 9.99. The number of carbonyl (C=O) groups is 2. The topological polar surface area (TPSA) is 104 Å². The van der Waals surface area contributed by atoms with Crippen LogP contribution in [0, 0.1) is 0 Å². The molecule has 1 amide bonds. The molecule has 0 atom stereocenters. The third kappa shape index (κ3) is 6.70. The van der Waals surface area contributed by atoms with Crippen molar-refractivity contribution in [1.82, 2.24) is 4.98 Å². The number of amides is 1. The van der Waals surface area contributed by atoms with Crippen LogP contribution in [0.25, 0.3) is 38.7 Å². The maximum Gasteiger partial charge on any atom is 0.267 e. The monoisotopic (exact) mass is 653 g/mol. The molecular weight excluding hydrogens is 619 g/mol. The SMILES string of the molecule is COc1ccc(-c2cc(-c3ccccc3)nc3sc(C(=O)Nc4cccc(C(=O)C=Cc5ccc(C(C)C)cc5)c4)c(N)c23)cc1OC. The standard InChI is InChI=1S/C40H35N3O4S/c1-24(2)26-16-13-25(14-17-26)15-19-33(44)29-11-8-12-30(21-29)42-39(45)38-37(41)36-31(28-18-20-34(46-3)35(22-28)47-4)23-32(43-40(36)48-38)27-9-6-5-7-10-27/h5-24H,41H2,1-4H3,(H,42,45). The van der Waals surface area contributed by atoms with E-state index in [9.17, 15) is 9.59 Å². The van der Waals surface area contributed by atoms with Crippen molar-refractivity contribution >= 4 is 50.7 Å². The van der Waals surface area contributed by atoms with Gasteiger partial charge in [0.15, 0.2) is 17.3 Å². The Morgan fingerprint density at radius 3 is 2.29 bits per heavy atom. The molecule has 0 spiro atoms. The first-order valence-corrected chi connectivity index (χ1v) is 16.3. The second-order valence-electron chi connectivity index (χ2n) is 11.6. The maximum atomic E-state index is 13.7. The predicted molar refractivity (Wildman–Crippen MR) is 196 cm³/mol. The van der Waals surface area contributed by atoms with Crippen molar-refractivity contribution in [1.29, 1.82) is 0 Å². The van der Waals surface area contributed by atoms with Gasteiger partial charge in [-0.1, -0.05) is 92.7 Å². The first kappa shape index (κ1) is 32.2. The lowest BCUT2D eigenvalue weighted by Crippen LogP contribution is -2.12. The fourth-order valence-electron chi connectivity index (χ4n) is 5.48. The number of methoxy groups -OCH3 is 2. The highest BCUT2D eigenvalue weighted by Gasteiger charge is 2.23. The van der Waals surface area contributed by atoms with Crippen molar-refractivity contribution < 1.29 is 19.1 Å². The number of anilines is 2. The van der Waals surface area contributed by atoms with E-state index in [-0.39, 0.29) is 11.7 Å². The zero-order valence-electron chi connectivity index (χ0n) is 27.1. The number of nitrogens with two attached hydrogens (primary N) is 1. The van der Waals surface area contributed by atoms with Crippen LogP contribution in [0.4, 0.5) is 11.4 Å². The molecule has 3 N–H and O–H groups in total. The number of allylic oxidation sites excluding steroid dienone is 1. The van der Waals surface area contributed by atoms with Crippen molar-refractivity contribution in [3.05, 3.63) is 131 Å². The lowest BCUT2D eigenvalue weighted by molar-refractivity contribution is 0.102. The fourth-order valence-corrected chi connectivity index (χ4v) is 6.49. The third-order valence-corrected chi connectivity index (χ3v) is 9.20. The minimum Gasteiger partial charge on any atom is -0.493 e. The predicted octanol–water partition coefficient (Wildman–Crippen LogP) is 9.50. The summed E-state index contributed by atoms with van der Waals surface area (Å²) in [6.45, 7) is 4.29. The summed E-state index contributed by atoms with van der Waals surface area (Å²) >= 11 is 1.22. The van der Waals surface area contributed by atoms with E-state index >= 15 is 0 Å². The molecule has 6 aromatic rings. The van der Waals surface area contributed by atoms with Crippen molar-refractivity contribution in [2.45, 2.75) is 19.8 Å². The second kappa shape index (κ2) is 13.9. The van der Waals surface area contributed by atoms with Crippen molar-refractivity contribution in [3.8, 4) is 33.9 Å². The highest BCUT2D eigenvalue weighted by molar-refractivity contribution is 7.21. The Morgan fingerprint density at radius 2 is 1.58 bits per heavy atom. The molecular formula is C40H35N3O4S. The van der Waals surface area contributed by atoms with Gasteiger partial charge >= 0.3 is 0 Å². The molecule has 0 saturated carbocycles. The summed E-state index contributed by atoms with van der Waals surface area (Å²) in [6, 6.07) is 32.5. The van der Waals surface area contributed by atoms with Gasteiger partial charge in [-0.05, 0) is 64.6 Å². The Balaban J connectivity index is 1.32. The number of aromatic nitrogens is 1. The summed E-state index contributed by atoms with van der Waals surface area (Å²) in [6.07, 6.45) is 3.34. The van der Waals surface area contributed by atoms with Crippen LogP contribution in [0.3, 0.4) is 0 Å². The normalized spacial score (nSPS) is 11.3. The number of nitrogens with zero attached hydrogens (tertiary/aromatic N) is 1. The fraction of sp³-hybridized carbons (Fsp3) is 0.125. The first-order valence-electron chi connectivity index (χ1n) is 15.5. The van der Waals surface area contributed by atoms with Crippen LogP contribution in [-0.2, 0) is 0 Å². The number of rotatable bonds is 10. The van der Waals surface area contributed by atoms with Gasteiger partial charge in [-0.2, -0.15) is 0 Å². The molecule has 0 radical (unpaired) electrons. The number of carbonyl (C=O) groups excluding carboxylic acids is 2. The average molecular weight is 654 g/mol. The van der Waals surface area contributed by atoms with Crippen LogP contribution in [0.2, 0.25) is 0 Å². The van der Waals surface area contributed by atoms with E-state index in [1.54, 1.807) is 50.6 Å². The summed E-state index contributed by atoms with van der Waals surface area (Å²) in [5.41, 5.74) is 13.5. The van der Waals surface area contributed by atoms with Gasteiger partial charge in [0.25, 0.3) is 5.91 Å². The molecule has 6 rings (SSSR count). The molecule has 48 heavy (non-hydrogen) atoms. The van der Waals surface area contributed by atoms with Crippen LogP contribution in [-0.4, -0.2) is 30.9 Å². The summed E-state index contributed by atoms with van der Waals surface area (Å²) in [4.78, 5) is 32.6. The van der Waals surface area contributed by atoms with Crippen LogP contribution in [0.5, 0.6) is 11.5 Å². The molecule has 4 aromatic carbocycles. The zero-order chi connectivity index (χ0) is 33.8. The number of hydrogen-bond acceptors (Lipinski definition) is 7. The third-order valence-electron chi connectivity index (χ3n) is 8.10. The average Bonchev–Trinajstić information content (AvgIpc) is 3.46. The van der Waals surface area contributed by atoms with Gasteiger partial charge in [-0.3, -0.25) is 9.59 Å². The number of nitrogens with one attached hydrogen (secondary N) is 1. The molecule has 240 valence electrons. The molecule has 0 unspecified atom stereocenters. The van der Waals surface area contributed by atoms with Gasteiger partial charge in [0.1, 0.15) is 9.71 Å². The molecule has 0 aliphatic heterocycles. The maximum absolute atomic E-state index is 13.7. The Labute approximate surface area is 283 Å². The van der Waals surface area contributed by atoms with Crippen LogP contribution in [0.1, 0.15) is 50.9 Å². The highest BCUT2D eigenvalue weighted by atomic mass is 32.1. The van der Waals surface area contributed by atoms with Gasteiger partial charge in [-0.15, -0.1) is 11.3 Å². The first-order chi connectivity index (χ1) is 23.2. The molecule has 0 saturated heterocycles. The van der Waals surface area contributed by atoms with Crippen molar-refractivity contribution in [2.24, 2.45) is 0 Å². The Bertz CT molecular complexity index is 2150.